The van der Waals surface area contributed by atoms with Crippen LogP contribution in [0.25, 0.3) is 0 Å². The molecule has 1 heterocycles. The second-order valence-corrected chi connectivity index (χ2v) is 3.22. The summed E-state index contributed by atoms with van der Waals surface area (Å²) in [6, 6.07) is 1.62. The summed E-state index contributed by atoms with van der Waals surface area (Å²) in [6.45, 7) is 2.19. The second-order valence-electron chi connectivity index (χ2n) is 3.22. The van der Waals surface area contributed by atoms with Gasteiger partial charge in [0.05, 0.1) is 12.5 Å². The number of nitrogens with zero attached hydrogens (tertiary/aromatic N) is 5. The first-order chi connectivity index (χ1) is 7.16. The van der Waals surface area contributed by atoms with Gasteiger partial charge in [0.1, 0.15) is 18.7 Å². The van der Waals surface area contributed by atoms with Crippen LogP contribution in [0.4, 0.5) is 0 Å². The molecule has 80 valence electrons. The minimum absolute atomic E-state index is 0.0734. The van der Waals surface area contributed by atoms with E-state index in [1.807, 2.05) is 6.07 Å². The van der Waals surface area contributed by atoms with Gasteiger partial charge in [-0.05, 0) is 6.92 Å². The minimum atomic E-state index is -0.379. The fraction of sp³-hybridized carbons (Fsp3) is 0.556. The highest BCUT2D eigenvalue weighted by atomic mass is 16.2. The standard InChI is InChI=1S/C9H13N5O/c1-8(14-7-11-6-12-14)9(15)13(2)5-3-4-10/h6-8H,3,5H2,1-2H3. The van der Waals surface area contributed by atoms with Crippen molar-refractivity contribution in [3.8, 4) is 6.07 Å². The van der Waals surface area contributed by atoms with Crippen molar-refractivity contribution in [1.29, 1.82) is 5.26 Å². The molecule has 1 amide bonds. The van der Waals surface area contributed by atoms with Crippen LogP contribution in [0, 0.1) is 11.3 Å². The van der Waals surface area contributed by atoms with Gasteiger partial charge in [-0.3, -0.25) is 4.79 Å². The van der Waals surface area contributed by atoms with Crippen molar-refractivity contribution in [2.75, 3.05) is 13.6 Å². The molecule has 0 fully saturated rings. The summed E-state index contributed by atoms with van der Waals surface area (Å²) in [5.41, 5.74) is 0. The van der Waals surface area contributed by atoms with Crippen molar-refractivity contribution in [1.82, 2.24) is 19.7 Å². The predicted octanol–water partition coefficient (Wildman–Crippen LogP) is 0.211. The highest BCUT2D eigenvalue weighted by molar-refractivity contribution is 5.79. The van der Waals surface area contributed by atoms with Crippen LogP contribution in [-0.2, 0) is 4.79 Å². The van der Waals surface area contributed by atoms with Gasteiger partial charge in [-0.25, -0.2) is 9.67 Å². The molecule has 0 saturated carbocycles. The van der Waals surface area contributed by atoms with Gasteiger partial charge in [0.2, 0.25) is 5.91 Å². The maximum atomic E-state index is 11.8. The lowest BCUT2D eigenvalue weighted by Crippen LogP contribution is -2.33. The lowest BCUT2D eigenvalue weighted by Gasteiger charge is -2.19. The zero-order valence-electron chi connectivity index (χ0n) is 8.79. The largest absolute Gasteiger partial charge is 0.343 e. The first kappa shape index (κ1) is 11.2. The molecular weight excluding hydrogens is 194 g/mol. The number of hydrogen-bond acceptors (Lipinski definition) is 4. The molecule has 1 unspecified atom stereocenters. The molecular formula is C9H13N5O. The molecule has 6 nitrogen and oxygen atoms in total. The van der Waals surface area contributed by atoms with Crippen LogP contribution < -0.4 is 0 Å². The van der Waals surface area contributed by atoms with Crippen LogP contribution in [0.15, 0.2) is 12.7 Å². The third kappa shape index (κ3) is 2.77. The third-order valence-electron chi connectivity index (χ3n) is 2.13. The smallest absolute Gasteiger partial charge is 0.246 e. The molecule has 0 aliphatic rings. The number of carbonyl (C=O) groups excluding carboxylic acids is 1. The molecule has 0 saturated heterocycles. The number of rotatable bonds is 4. The molecule has 1 atom stereocenters. The molecule has 15 heavy (non-hydrogen) atoms. The van der Waals surface area contributed by atoms with E-state index in [-0.39, 0.29) is 11.9 Å². The Kier molecular flexibility index (Phi) is 3.80. The zero-order chi connectivity index (χ0) is 11.3. The highest BCUT2D eigenvalue weighted by Crippen LogP contribution is 2.06. The van der Waals surface area contributed by atoms with Crippen LogP contribution in [0.5, 0.6) is 0 Å². The fourth-order valence-electron chi connectivity index (χ4n) is 1.18. The van der Waals surface area contributed by atoms with E-state index in [2.05, 4.69) is 10.1 Å². The number of nitriles is 1. The van der Waals surface area contributed by atoms with Gasteiger partial charge >= 0.3 is 0 Å². The average molecular weight is 207 g/mol. The lowest BCUT2D eigenvalue weighted by molar-refractivity contribution is -0.133. The predicted molar refractivity (Wildman–Crippen MR) is 52.6 cm³/mol. The number of carbonyl (C=O) groups is 1. The van der Waals surface area contributed by atoms with E-state index in [1.165, 1.54) is 22.2 Å². The number of aromatic nitrogens is 3. The summed E-state index contributed by atoms with van der Waals surface area (Å²) in [5.74, 6) is -0.0734. The van der Waals surface area contributed by atoms with Crippen molar-refractivity contribution in [3.63, 3.8) is 0 Å². The molecule has 0 bridgehead atoms. The molecule has 1 rings (SSSR count). The van der Waals surface area contributed by atoms with E-state index >= 15 is 0 Å². The Bertz CT molecular complexity index is 353. The first-order valence-corrected chi connectivity index (χ1v) is 4.63. The van der Waals surface area contributed by atoms with Crippen LogP contribution >= 0.6 is 0 Å². The molecule has 0 N–H and O–H groups in total. The molecule has 1 aromatic rings. The van der Waals surface area contributed by atoms with Crippen molar-refractivity contribution >= 4 is 5.91 Å². The van der Waals surface area contributed by atoms with E-state index in [4.69, 9.17) is 5.26 Å². The molecule has 0 aromatic carbocycles. The fourth-order valence-corrected chi connectivity index (χ4v) is 1.18. The van der Waals surface area contributed by atoms with Gasteiger partial charge in [-0.15, -0.1) is 0 Å². The van der Waals surface area contributed by atoms with Crippen LogP contribution in [0.1, 0.15) is 19.4 Å². The van der Waals surface area contributed by atoms with E-state index < -0.39 is 0 Å². The quantitative estimate of drug-likeness (QED) is 0.707. The van der Waals surface area contributed by atoms with Gasteiger partial charge in [-0.2, -0.15) is 10.4 Å². The molecule has 6 heteroatoms. The van der Waals surface area contributed by atoms with Crippen LogP contribution in [-0.4, -0.2) is 39.2 Å². The zero-order valence-corrected chi connectivity index (χ0v) is 8.79. The molecule has 0 radical (unpaired) electrons. The SMILES string of the molecule is CC(C(=O)N(C)CCC#N)n1cncn1. The Labute approximate surface area is 88.1 Å². The number of likely N-dealkylation sites (N-methyl/N-ethyl adjacent to an activating group) is 1. The lowest BCUT2D eigenvalue weighted by atomic mass is 10.3. The summed E-state index contributed by atoms with van der Waals surface area (Å²) in [6.07, 6.45) is 3.23. The van der Waals surface area contributed by atoms with Crippen molar-refractivity contribution in [2.45, 2.75) is 19.4 Å². The molecule has 0 aliphatic carbocycles. The number of amides is 1. The monoisotopic (exact) mass is 207 g/mol. The van der Waals surface area contributed by atoms with Crippen LogP contribution in [0.3, 0.4) is 0 Å². The molecule has 0 aliphatic heterocycles. The van der Waals surface area contributed by atoms with E-state index in [1.54, 1.807) is 14.0 Å². The maximum absolute atomic E-state index is 11.8. The van der Waals surface area contributed by atoms with Crippen LogP contribution in [0.2, 0.25) is 0 Å². The van der Waals surface area contributed by atoms with Crippen molar-refractivity contribution < 1.29 is 4.79 Å². The Morgan fingerprint density at radius 3 is 3.00 bits per heavy atom. The highest BCUT2D eigenvalue weighted by Gasteiger charge is 2.18. The van der Waals surface area contributed by atoms with E-state index in [0.29, 0.717) is 13.0 Å². The normalized spacial score (nSPS) is 11.8. The molecule has 0 spiro atoms. The minimum Gasteiger partial charge on any atom is -0.343 e. The number of hydrogen-bond donors (Lipinski definition) is 0. The Hall–Kier alpha value is -1.90. The topological polar surface area (TPSA) is 74.8 Å². The summed E-state index contributed by atoms with van der Waals surface area (Å²) in [7, 11) is 1.67. The summed E-state index contributed by atoms with van der Waals surface area (Å²) >= 11 is 0. The molecule has 1 aromatic heterocycles. The third-order valence-corrected chi connectivity index (χ3v) is 2.13. The Balaban J connectivity index is 2.57. The Morgan fingerprint density at radius 1 is 1.73 bits per heavy atom. The van der Waals surface area contributed by atoms with Gasteiger partial charge in [-0.1, -0.05) is 0 Å². The van der Waals surface area contributed by atoms with Gasteiger partial charge < -0.3 is 4.90 Å². The first-order valence-electron chi connectivity index (χ1n) is 4.63. The summed E-state index contributed by atoms with van der Waals surface area (Å²) in [4.78, 5) is 17.1. The van der Waals surface area contributed by atoms with E-state index in [0.717, 1.165) is 0 Å². The van der Waals surface area contributed by atoms with Gasteiger partial charge in [0.15, 0.2) is 0 Å². The van der Waals surface area contributed by atoms with Gasteiger partial charge in [0.25, 0.3) is 0 Å². The van der Waals surface area contributed by atoms with E-state index in [9.17, 15) is 4.79 Å². The maximum Gasteiger partial charge on any atom is 0.246 e. The second kappa shape index (κ2) is 5.10. The van der Waals surface area contributed by atoms with Gasteiger partial charge in [0, 0.05) is 13.6 Å². The van der Waals surface area contributed by atoms with Crippen molar-refractivity contribution in [2.24, 2.45) is 0 Å². The summed E-state index contributed by atoms with van der Waals surface area (Å²) < 4.78 is 1.49. The van der Waals surface area contributed by atoms with Crippen molar-refractivity contribution in [3.05, 3.63) is 12.7 Å². The average Bonchev–Trinajstić information content (AvgIpc) is 2.77. The Morgan fingerprint density at radius 2 is 2.47 bits per heavy atom. The summed E-state index contributed by atoms with van der Waals surface area (Å²) in [5, 5.41) is 12.3.